The largest absolute Gasteiger partial charge is 0.381 e. The number of ether oxygens (including phenoxy) is 1. The average molecular weight is 279 g/mol. The van der Waals surface area contributed by atoms with Gasteiger partial charge < -0.3 is 4.74 Å². The van der Waals surface area contributed by atoms with Crippen molar-refractivity contribution < 1.29 is 4.74 Å². The summed E-state index contributed by atoms with van der Waals surface area (Å²) in [5.41, 5.74) is 0. The summed E-state index contributed by atoms with van der Waals surface area (Å²) in [6, 6.07) is 0. The maximum atomic E-state index is 5.56. The Hall–Kier alpha value is 0.440. The molecule has 15 heavy (non-hydrogen) atoms. The van der Waals surface area contributed by atoms with E-state index in [2.05, 4.69) is 22.9 Å². The van der Waals surface area contributed by atoms with E-state index >= 15 is 0 Å². The van der Waals surface area contributed by atoms with Crippen LogP contribution in [0.15, 0.2) is 0 Å². The van der Waals surface area contributed by atoms with Crippen LogP contribution in [0.2, 0.25) is 0 Å². The first kappa shape index (κ1) is 15.4. The molecule has 0 aliphatic carbocycles. The van der Waals surface area contributed by atoms with E-state index in [1.165, 1.54) is 57.8 Å². The van der Waals surface area contributed by atoms with Gasteiger partial charge in [-0.05, 0) is 19.3 Å². The second kappa shape index (κ2) is 14.4. The first-order valence-corrected chi connectivity index (χ1v) is 7.67. The average Bonchev–Trinajstić information content (AvgIpc) is 2.26. The van der Waals surface area contributed by atoms with Crippen molar-refractivity contribution >= 4 is 15.9 Å². The van der Waals surface area contributed by atoms with Gasteiger partial charge in [0.15, 0.2) is 0 Å². The Kier molecular flexibility index (Phi) is 14.9. The fourth-order valence-electron chi connectivity index (χ4n) is 1.56. The monoisotopic (exact) mass is 278 g/mol. The van der Waals surface area contributed by atoms with E-state index in [1.807, 2.05) is 0 Å². The van der Waals surface area contributed by atoms with Gasteiger partial charge in [-0.15, -0.1) is 0 Å². The number of halogens is 1. The van der Waals surface area contributed by atoms with Crippen molar-refractivity contribution in [2.24, 2.45) is 0 Å². The molecule has 0 saturated heterocycles. The summed E-state index contributed by atoms with van der Waals surface area (Å²) in [6.45, 7) is 4.17. The van der Waals surface area contributed by atoms with Gasteiger partial charge in [0.05, 0.1) is 0 Å². The molecule has 1 nitrogen and oxygen atoms in total. The van der Waals surface area contributed by atoms with Crippen molar-refractivity contribution in [1.29, 1.82) is 0 Å². The van der Waals surface area contributed by atoms with E-state index in [0.29, 0.717) is 0 Å². The zero-order chi connectivity index (χ0) is 11.2. The molecule has 0 heterocycles. The highest BCUT2D eigenvalue weighted by Crippen LogP contribution is 2.06. The van der Waals surface area contributed by atoms with Gasteiger partial charge in [0, 0.05) is 18.5 Å². The second-order valence-electron chi connectivity index (χ2n) is 4.13. The van der Waals surface area contributed by atoms with E-state index in [4.69, 9.17) is 4.74 Å². The summed E-state index contributed by atoms with van der Waals surface area (Å²) >= 11 is 3.45. The Morgan fingerprint density at radius 3 is 1.87 bits per heavy atom. The van der Waals surface area contributed by atoms with E-state index in [-0.39, 0.29) is 0 Å². The summed E-state index contributed by atoms with van der Waals surface area (Å²) in [6.07, 6.45) is 11.9. The molecule has 2 heteroatoms. The van der Waals surface area contributed by atoms with Gasteiger partial charge in [0.2, 0.25) is 0 Å². The summed E-state index contributed by atoms with van der Waals surface area (Å²) in [5.74, 6) is 0. The second-order valence-corrected chi connectivity index (χ2v) is 4.92. The third-order valence-corrected chi connectivity index (χ3v) is 3.13. The lowest BCUT2D eigenvalue weighted by Gasteiger charge is -2.03. The first-order valence-electron chi connectivity index (χ1n) is 6.55. The normalized spacial score (nSPS) is 10.8. The van der Waals surface area contributed by atoms with Gasteiger partial charge in [-0.25, -0.2) is 0 Å². The minimum Gasteiger partial charge on any atom is -0.381 e. The van der Waals surface area contributed by atoms with Crippen LogP contribution in [0.25, 0.3) is 0 Å². The minimum atomic E-state index is 0.970. The molecule has 0 aliphatic heterocycles. The predicted octanol–water partition coefficient (Wildman–Crippen LogP) is 4.93. The molecule has 92 valence electrons. The van der Waals surface area contributed by atoms with Crippen molar-refractivity contribution in [2.45, 2.75) is 64.7 Å². The number of alkyl halides is 1. The lowest BCUT2D eigenvalue weighted by atomic mass is 10.1. The van der Waals surface area contributed by atoms with Gasteiger partial charge in [0.1, 0.15) is 0 Å². The van der Waals surface area contributed by atoms with Crippen LogP contribution in [-0.4, -0.2) is 18.5 Å². The maximum absolute atomic E-state index is 5.56. The Bertz CT molecular complexity index is 94.7. The molecule has 0 fully saturated rings. The van der Waals surface area contributed by atoms with Crippen molar-refractivity contribution in [3.8, 4) is 0 Å². The van der Waals surface area contributed by atoms with Crippen LogP contribution in [0.3, 0.4) is 0 Å². The summed E-state index contributed by atoms with van der Waals surface area (Å²) in [4.78, 5) is 0. The summed E-state index contributed by atoms with van der Waals surface area (Å²) in [5, 5.41) is 1.16. The quantitative estimate of drug-likeness (QED) is 0.363. The van der Waals surface area contributed by atoms with Crippen molar-refractivity contribution in [3.05, 3.63) is 0 Å². The molecule has 0 amide bonds. The molecule has 0 radical (unpaired) electrons. The van der Waals surface area contributed by atoms with E-state index in [0.717, 1.165) is 18.5 Å². The summed E-state index contributed by atoms with van der Waals surface area (Å²) < 4.78 is 5.56. The van der Waals surface area contributed by atoms with Crippen molar-refractivity contribution in [2.75, 3.05) is 18.5 Å². The number of hydrogen-bond acceptors (Lipinski definition) is 1. The molecule has 0 atom stereocenters. The molecule has 0 spiro atoms. The van der Waals surface area contributed by atoms with E-state index < -0.39 is 0 Å². The van der Waals surface area contributed by atoms with Crippen LogP contribution >= 0.6 is 15.9 Å². The lowest BCUT2D eigenvalue weighted by Crippen LogP contribution is -1.96. The Morgan fingerprint density at radius 1 is 0.733 bits per heavy atom. The predicted molar refractivity (Wildman–Crippen MR) is 71.8 cm³/mol. The van der Waals surface area contributed by atoms with Gasteiger partial charge >= 0.3 is 0 Å². The highest BCUT2D eigenvalue weighted by Gasteiger charge is 1.92. The molecule has 0 unspecified atom stereocenters. The van der Waals surface area contributed by atoms with Crippen LogP contribution in [-0.2, 0) is 4.74 Å². The minimum absolute atomic E-state index is 0.970. The highest BCUT2D eigenvalue weighted by atomic mass is 79.9. The lowest BCUT2D eigenvalue weighted by molar-refractivity contribution is 0.126. The zero-order valence-corrected chi connectivity index (χ0v) is 11.9. The van der Waals surface area contributed by atoms with E-state index in [1.54, 1.807) is 0 Å². The van der Waals surface area contributed by atoms with Crippen LogP contribution in [0.5, 0.6) is 0 Å². The molecule has 0 aromatic heterocycles. The standard InChI is InChI=1S/C13H27BrO/c1-2-3-9-12-15-13-10-7-5-4-6-8-11-14/h2-13H2,1H3. The molecule has 0 N–H and O–H groups in total. The summed E-state index contributed by atoms with van der Waals surface area (Å²) in [7, 11) is 0. The molecule has 0 aliphatic rings. The fraction of sp³-hybridized carbons (Fsp3) is 1.00. The number of hydrogen-bond donors (Lipinski definition) is 0. The first-order chi connectivity index (χ1) is 7.41. The van der Waals surface area contributed by atoms with Gasteiger partial charge in [-0.2, -0.15) is 0 Å². The number of rotatable bonds is 12. The van der Waals surface area contributed by atoms with Gasteiger partial charge in [-0.1, -0.05) is 61.4 Å². The van der Waals surface area contributed by atoms with Gasteiger partial charge in [0.25, 0.3) is 0 Å². The van der Waals surface area contributed by atoms with Crippen molar-refractivity contribution in [3.63, 3.8) is 0 Å². The molecule has 0 saturated carbocycles. The zero-order valence-electron chi connectivity index (χ0n) is 10.3. The molecule has 0 aromatic rings. The van der Waals surface area contributed by atoms with Crippen LogP contribution in [0.1, 0.15) is 64.7 Å². The topological polar surface area (TPSA) is 9.23 Å². The van der Waals surface area contributed by atoms with Crippen LogP contribution in [0.4, 0.5) is 0 Å². The smallest absolute Gasteiger partial charge is 0.0466 e. The fourth-order valence-corrected chi connectivity index (χ4v) is 1.96. The Balaban J connectivity index is 2.81. The Morgan fingerprint density at radius 2 is 1.27 bits per heavy atom. The third kappa shape index (κ3) is 14.4. The maximum Gasteiger partial charge on any atom is 0.0466 e. The molecule has 0 aromatic carbocycles. The SMILES string of the molecule is CCCCCOCCCCCCCCBr. The number of unbranched alkanes of at least 4 members (excludes halogenated alkanes) is 7. The van der Waals surface area contributed by atoms with Crippen LogP contribution < -0.4 is 0 Å². The van der Waals surface area contributed by atoms with Crippen molar-refractivity contribution in [1.82, 2.24) is 0 Å². The van der Waals surface area contributed by atoms with E-state index in [9.17, 15) is 0 Å². The Labute approximate surface area is 104 Å². The third-order valence-electron chi connectivity index (χ3n) is 2.56. The van der Waals surface area contributed by atoms with Crippen LogP contribution in [0, 0.1) is 0 Å². The molecule has 0 rings (SSSR count). The molecular formula is C13H27BrO. The molecular weight excluding hydrogens is 252 g/mol. The highest BCUT2D eigenvalue weighted by molar-refractivity contribution is 9.09. The molecule has 0 bridgehead atoms. The van der Waals surface area contributed by atoms with Gasteiger partial charge in [-0.3, -0.25) is 0 Å².